The summed E-state index contributed by atoms with van der Waals surface area (Å²) in [6.45, 7) is 2.02. The van der Waals surface area contributed by atoms with Gasteiger partial charge in [0, 0.05) is 21.7 Å². The van der Waals surface area contributed by atoms with Crippen LogP contribution in [0.5, 0.6) is 0 Å². The van der Waals surface area contributed by atoms with E-state index in [0.29, 0.717) is 10.0 Å². The molecule has 0 aliphatic heterocycles. The minimum Gasteiger partial charge on any atom is -0.313 e. The zero-order chi connectivity index (χ0) is 9.14. The SMILES string of the molecule is CNC(C)c1c(Cl)cccc1Cl.Cl. The minimum absolute atomic E-state index is 0. The van der Waals surface area contributed by atoms with Gasteiger partial charge >= 0.3 is 0 Å². The maximum atomic E-state index is 5.98. The lowest BCUT2D eigenvalue weighted by atomic mass is 10.1. The minimum atomic E-state index is 0. The average molecular weight is 241 g/mol. The van der Waals surface area contributed by atoms with Gasteiger partial charge in [-0.25, -0.2) is 0 Å². The Morgan fingerprint density at radius 3 is 2.08 bits per heavy atom. The third-order valence-electron chi connectivity index (χ3n) is 1.87. The van der Waals surface area contributed by atoms with Gasteiger partial charge in [0.2, 0.25) is 0 Å². The first-order valence-electron chi connectivity index (χ1n) is 3.78. The number of hydrogen-bond donors (Lipinski definition) is 1. The molecule has 0 heterocycles. The first-order valence-corrected chi connectivity index (χ1v) is 4.53. The number of nitrogens with one attached hydrogen (secondary N) is 1. The summed E-state index contributed by atoms with van der Waals surface area (Å²) in [5, 5.41) is 4.52. The highest BCUT2D eigenvalue weighted by molar-refractivity contribution is 6.36. The van der Waals surface area contributed by atoms with Gasteiger partial charge in [0.05, 0.1) is 0 Å². The normalized spacial score (nSPS) is 12.0. The van der Waals surface area contributed by atoms with E-state index < -0.39 is 0 Å². The molecule has 0 aliphatic rings. The Balaban J connectivity index is 0.00000144. The van der Waals surface area contributed by atoms with Crippen molar-refractivity contribution in [1.29, 1.82) is 0 Å². The summed E-state index contributed by atoms with van der Waals surface area (Å²) in [6.07, 6.45) is 0. The molecule has 1 aromatic rings. The van der Waals surface area contributed by atoms with Crippen LogP contribution in [-0.4, -0.2) is 7.05 Å². The van der Waals surface area contributed by atoms with Gasteiger partial charge in [0.1, 0.15) is 0 Å². The maximum absolute atomic E-state index is 5.98. The molecule has 4 heteroatoms. The van der Waals surface area contributed by atoms with Crippen molar-refractivity contribution in [2.75, 3.05) is 7.05 Å². The van der Waals surface area contributed by atoms with Crippen LogP contribution >= 0.6 is 35.6 Å². The number of rotatable bonds is 2. The first-order chi connectivity index (χ1) is 5.66. The van der Waals surface area contributed by atoms with Gasteiger partial charge in [-0.1, -0.05) is 29.3 Å². The highest BCUT2D eigenvalue weighted by Gasteiger charge is 2.10. The summed E-state index contributed by atoms with van der Waals surface area (Å²) in [6, 6.07) is 5.72. The van der Waals surface area contributed by atoms with Gasteiger partial charge in [-0.05, 0) is 26.1 Å². The Morgan fingerprint density at radius 2 is 1.69 bits per heavy atom. The lowest BCUT2D eigenvalue weighted by Crippen LogP contribution is -2.13. The second kappa shape index (κ2) is 5.71. The van der Waals surface area contributed by atoms with Crippen LogP contribution in [0.4, 0.5) is 0 Å². The van der Waals surface area contributed by atoms with Crippen molar-refractivity contribution < 1.29 is 0 Å². The van der Waals surface area contributed by atoms with E-state index in [2.05, 4.69) is 5.32 Å². The number of halogens is 3. The molecular formula is C9H12Cl3N. The lowest BCUT2D eigenvalue weighted by molar-refractivity contribution is 0.653. The third kappa shape index (κ3) is 3.03. The van der Waals surface area contributed by atoms with Crippen LogP contribution < -0.4 is 5.32 Å². The third-order valence-corrected chi connectivity index (χ3v) is 2.52. The standard InChI is InChI=1S/C9H11Cl2N.ClH/c1-6(12-2)9-7(10)4-3-5-8(9)11;/h3-6,12H,1-2H3;1H. The molecule has 0 aliphatic carbocycles. The largest absolute Gasteiger partial charge is 0.313 e. The summed E-state index contributed by atoms with van der Waals surface area (Å²) >= 11 is 12.0. The molecule has 13 heavy (non-hydrogen) atoms. The van der Waals surface area contributed by atoms with Gasteiger partial charge in [-0.3, -0.25) is 0 Å². The van der Waals surface area contributed by atoms with Crippen molar-refractivity contribution in [3.05, 3.63) is 33.8 Å². The fraction of sp³-hybridized carbons (Fsp3) is 0.333. The molecule has 0 saturated carbocycles. The number of benzene rings is 1. The fourth-order valence-corrected chi connectivity index (χ4v) is 1.79. The van der Waals surface area contributed by atoms with Crippen LogP contribution in [0.25, 0.3) is 0 Å². The summed E-state index contributed by atoms with van der Waals surface area (Å²) in [5.41, 5.74) is 0.961. The Bertz CT molecular complexity index is 255. The molecule has 0 amide bonds. The van der Waals surface area contributed by atoms with E-state index in [1.165, 1.54) is 0 Å². The topological polar surface area (TPSA) is 12.0 Å². The molecule has 0 saturated heterocycles. The van der Waals surface area contributed by atoms with Crippen molar-refractivity contribution in [2.24, 2.45) is 0 Å². The van der Waals surface area contributed by atoms with Gasteiger partial charge in [0.15, 0.2) is 0 Å². The summed E-state index contributed by atoms with van der Waals surface area (Å²) in [7, 11) is 1.88. The molecule has 74 valence electrons. The smallest absolute Gasteiger partial charge is 0.0468 e. The van der Waals surface area contributed by atoms with E-state index in [1.54, 1.807) is 0 Å². The zero-order valence-corrected chi connectivity index (χ0v) is 9.80. The highest BCUT2D eigenvalue weighted by atomic mass is 35.5. The van der Waals surface area contributed by atoms with Gasteiger partial charge in [0.25, 0.3) is 0 Å². The van der Waals surface area contributed by atoms with Crippen LogP contribution in [0, 0.1) is 0 Å². The van der Waals surface area contributed by atoms with E-state index in [-0.39, 0.29) is 18.4 Å². The fourth-order valence-electron chi connectivity index (χ4n) is 1.07. The second-order valence-corrected chi connectivity index (χ2v) is 3.46. The predicted molar refractivity (Wildman–Crippen MR) is 61.2 cm³/mol. The molecule has 1 atom stereocenters. The molecule has 1 aromatic carbocycles. The van der Waals surface area contributed by atoms with Crippen molar-refractivity contribution in [2.45, 2.75) is 13.0 Å². The lowest BCUT2D eigenvalue weighted by Gasteiger charge is -2.13. The van der Waals surface area contributed by atoms with E-state index in [4.69, 9.17) is 23.2 Å². The van der Waals surface area contributed by atoms with Crippen molar-refractivity contribution >= 4 is 35.6 Å². The molecule has 0 aromatic heterocycles. The van der Waals surface area contributed by atoms with Crippen molar-refractivity contribution in [3.63, 3.8) is 0 Å². The Kier molecular flexibility index (Phi) is 5.73. The quantitative estimate of drug-likeness (QED) is 0.831. The summed E-state index contributed by atoms with van der Waals surface area (Å²) < 4.78 is 0. The predicted octanol–water partition coefficient (Wildman–Crippen LogP) is 3.70. The van der Waals surface area contributed by atoms with Crippen LogP contribution in [0.2, 0.25) is 10.0 Å². The molecule has 1 N–H and O–H groups in total. The van der Waals surface area contributed by atoms with Gasteiger partial charge in [-0.2, -0.15) is 0 Å². The Morgan fingerprint density at radius 1 is 1.23 bits per heavy atom. The van der Waals surface area contributed by atoms with Crippen molar-refractivity contribution in [1.82, 2.24) is 5.32 Å². The molecule has 0 spiro atoms. The second-order valence-electron chi connectivity index (χ2n) is 2.65. The molecule has 1 unspecified atom stereocenters. The molecule has 0 bridgehead atoms. The van der Waals surface area contributed by atoms with E-state index in [0.717, 1.165) is 5.56 Å². The highest BCUT2D eigenvalue weighted by Crippen LogP contribution is 2.29. The summed E-state index contributed by atoms with van der Waals surface area (Å²) in [5.74, 6) is 0. The Hall–Kier alpha value is 0.0500. The van der Waals surface area contributed by atoms with E-state index in [1.807, 2.05) is 32.2 Å². The van der Waals surface area contributed by atoms with E-state index in [9.17, 15) is 0 Å². The zero-order valence-electron chi connectivity index (χ0n) is 7.47. The van der Waals surface area contributed by atoms with Crippen LogP contribution in [0.1, 0.15) is 18.5 Å². The van der Waals surface area contributed by atoms with Crippen LogP contribution in [-0.2, 0) is 0 Å². The monoisotopic (exact) mass is 239 g/mol. The van der Waals surface area contributed by atoms with Crippen LogP contribution in [0.15, 0.2) is 18.2 Å². The van der Waals surface area contributed by atoms with Crippen molar-refractivity contribution in [3.8, 4) is 0 Å². The molecule has 1 nitrogen and oxygen atoms in total. The average Bonchev–Trinajstić information content (AvgIpc) is 2.03. The maximum Gasteiger partial charge on any atom is 0.0468 e. The first kappa shape index (κ1) is 13.1. The molecular weight excluding hydrogens is 228 g/mol. The molecule has 1 rings (SSSR count). The van der Waals surface area contributed by atoms with E-state index >= 15 is 0 Å². The summed E-state index contributed by atoms with van der Waals surface area (Å²) in [4.78, 5) is 0. The molecule has 0 radical (unpaired) electrons. The van der Waals surface area contributed by atoms with Crippen LogP contribution in [0.3, 0.4) is 0 Å². The van der Waals surface area contributed by atoms with Gasteiger partial charge < -0.3 is 5.32 Å². The molecule has 0 fully saturated rings. The number of hydrogen-bond acceptors (Lipinski definition) is 1. The van der Waals surface area contributed by atoms with Gasteiger partial charge in [-0.15, -0.1) is 12.4 Å². The Labute approximate surface area is 94.8 Å².